The van der Waals surface area contributed by atoms with E-state index in [1.165, 1.54) is 83.5 Å². The zero-order chi connectivity index (χ0) is 18.4. The van der Waals surface area contributed by atoms with Crippen LogP contribution < -0.4 is 0 Å². The molecule has 0 radical (unpaired) electrons. The fourth-order valence-corrected chi connectivity index (χ4v) is 6.37. The van der Waals surface area contributed by atoms with Crippen molar-refractivity contribution in [2.24, 2.45) is 29.1 Å². The molecular weight excluding hydrogens is 318 g/mol. The van der Waals surface area contributed by atoms with E-state index in [2.05, 4.69) is 19.9 Å². The number of nitriles is 1. The van der Waals surface area contributed by atoms with Crippen LogP contribution in [0.25, 0.3) is 0 Å². The Bertz CT molecular complexity index is 443. The third-order valence-electron chi connectivity index (χ3n) is 8.29. The van der Waals surface area contributed by atoms with Gasteiger partial charge in [-0.05, 0) is 94.3 Å². The average Bonchev–Trinajstić information content (AvgIpc) is 2.73. The molecule has 0 atom stereocenters. The average molecular weight is 360 g/mol. The minimum Gasteiger partial charge on any atom is -0.378 e. The highest BCUT2D eigenvalue weighted by Crippen LogP contribution is 2.52. The lowest BCUT2D eigenvalue weighted by Gasteiger charge is -2.45. The van der Waals surface area contributed by atoms with E-state index in [4.69, 9.17) is 4.74 Å². The van der Waals surface area contributed by atoms with Gasteiger partial charge in [-0.1, -0.05) is 33.1 Å². The van der Waals surface area contributed by atoms with E-state index in [1.54, 1.807) is 0 Å². The van der Waals surface area contributed by atoms with Gasteiger partial charge in [0.05, 0.1) is 17.6 Å². The van der Waals surface area contributed by atoms with E-state index in [-0.39, 0.29) is 5.41 Å². The van der Waals surface area contributed by atoms with Gasteiger partial charge in [-0.25, -0.2) is 0 Å². The second kappa shape index (κ2) is 9.59. The first-order valence-electron chi connectivity index (χ1n) is 11.7. The van der Waals surface area contributed by atoms with E-state index < -0.39 is 0 Å². The third kappa shape index (κ3) is 4.64. The summed E-state index contributed by atoms with van der Waals surface area (Å²) < 4.78 is 5.97. The second-order valence-electron chi connectivity index (χ2n) is 9.64. The first-order valence-corrected chi connectivity index (χ1v) is 11.7. The summed E-state index contributed by atoms with van der Waals surface area (Å²) in [6.45, 7) is 5.44. The Labute approximate surface area is 162 Å². The Hall–Kier alpha value is -0.550. The molecule has 0 saturated heterocycles. The largest absolute Gasteiger partial charge is 0.378 e. The second-order valence-corrected chi connectivity index (χ2v) is 9.64. The standard InChI is InChI=1S/C24H41NO/c1-3-17-26-23-11-9-22(10-12-23)24(18-25)15-13-21(14-16-24)20-7-5-19(4-2)6-8-20/h19-23H,3-17H2,1-2H3. The summed E-state index contributed by atoms with van der Waals surface area (Å²) in [6, 6.07) is 2.84. The monoisotopic (exact) mass is 359 g/mol. The molecule has 0 amide bonds. The summed E-state index contributed by atoms with van der Waals surface area (Å²) in [4.78, 5) is 0. The maximum atomic E-state index is 10.1. The SMILES string of the molecule is CCCOC1CCC(C2(C#N)CCC(C3CCC(CC)CC3)CC2)CC1. The molecular formula is C24H41NO. The maximum Gasteiger partial charge on any atom is 0.0692 e. The highest BCUT2D eigenvalue weighted by molar-refractivity contribution is 5.06. The van der Waals surface area contributed by atoms with Crippen molar-refractivity contribution in [2.75, 3.05) is 6.61 Å². The predicted molar refractivity (Wildman–Crippen MR) is 108 cm³/mol. The van der Waals surface area contributed by atoms with E-state index in [0.29, 0.717) is 12.0 Å². The van der Waals surface area contributed by atoms with Gasteiger partial charge in [0.25, 0.3) is 0 Å². The molecule has 0 aromatic rings. The zero-order valence-electron chi connectivity index (χ0n) is 17.3. The Balaban J connectivity index is 1.48. The van der Waals surface area contributed by atoms with Crippen molar-refractivity contribution >= 4 is 0 Å². The molecule has 3 aliphatic carbocycles. The Morgan fingerprint density at radius 1 is 0.846 bits per heavy atom. The van der Waals surface area contributed by atoms with Crippen molar-refractivity contribution in [1.82, 2.24) is 0 Å². The molecule has 0 heterocycles. The number of hydrogen-bond acceptors (Lipinski definition) is 2. The lowest BCUT2D eigenvalue weighted by atomic mass is 9.58. The molecule has 0 bridgehead atoms. The van der Waals surface area contributed by atoms with E-state index in [1.807, 2.05) is 0 Å². The summed E-state index contributed by atoms with van der Waals surface area (Å²) in [7, 11) is 0. The van der Waals surface area contributed by atoms with Gasteiger partial charge in [0.1, 0.15) is 0 Å². The number of nitrogens with zero attached hydrogens (tertiary/aromatic N) is 1. The molecule has 3 aliphatic rings. The first kappa shape index (κ1) is 20.2. The van der Waals surface area contributed by atoms with Crippen LogP contribution >= 0.6 is 0 Å². The van der Waals surface area contributed by atoms with Gasteiger partial charge in [-0.15, -0.1) is 0 Å². The van der Waals surface area contributed by atoms with E-state index >= 15 is 0 Å². The van der Waals surface area contributed by atoms with Crippen LogP contribution in [-0.2, 0) is 4.74 Å². The van der Waals surface area contributed by atoms with Crippen molar-refractivity contribution in [3.63, 3.8) is 0 Å². The lowest BCUT2D eigenvalue weighted by molar-refractivity contribution is -0.00693. The van der Waals surface area contributed by atoms with Crippen LogP contribution in [0.3, 0.4) is 0 Å². The molecule has 2 nitrogen and oxygen atoms in total. The van der Waals surface area contributed by atoms with Gasteiger partial charge in [0.2, 0.25) is 0 Å². The third-order valence-corrected chi connectivity index (χ3v) is 8.29. The lowest BCUT2D eigenvalue weighted by Crippen LogP contribution is -2.38. The molecule has 0 aromatic heterocycles. The van der Waals surface area contributed by atoms with Gasteiger partial charge in [-0.3, -0.25) is 0 Å². The van der Waals surface area contributed by atoms with Crippen LogP contribution in [0, 0.1) is 40.4 Å². The summed E-state index contributed by atoms with van der Waals surface area (Å²) in [5.74, 6) is 3.51. The number of ether oxygens (including phenoxy) is 1. The molecule has 2 heteroatoms. The topological polar surface area (TPSA) is 33.0 Å². The van der Waals surface area contributed by atoms with Gasteiger partial charge in [-0.2, -0.15) is 5.26 Å². The van der Waals surface area contributed by atoms with Crippen molar-refractivity contribution < 1.29 is 4.74 Å². The molecule has 0 N–H and O–H groups in total. The molecule has 3 saturated carbocycles. The Morgan fingerprint density at radius 2 is 1.46 bits per heavy atom. The molecule has 3 rings (SSSR count). The van der Waals surface area contributed by atoms with Crippen LogP contribution in [0.1, 0.15) is 104 Å². The molecule has 0 unspecified atom stereocenters. The fourth-order valence-electron chi connectivity index (χ4n) is 6.37. The first-order chi connectivity index (χ1) is 12.7. The molecule has 0 spiro atoms. The highest BCUT2D eigenvalue weighted by Gasteiger charge is 2.44. The van der Waals surface area contributed by atoms with Crippen LogP contribution in [0.2, 0.25) is 0 Å². The van der Waals surface area contributed by atoms with Crippen molar-refractivity contribution in [3.05, 3.63) is 0 Å². The number of hydrogen-bond donors (Lipinski definition) is 0. The highest BCUT2D eigenvalue weighted by atomic mass is 16.5. The molecule has 0 aromatic carbocycles. The summed E-state index contributed by atoms with van der Waals surface area (Å²) in [6.07, 6.45) is 18.6. The van der Waals surface area contributed by atoms with Gasteiger partial charge < -0.3 is 4.74 Å². The smallest absolute Gasteiger partial charge is 0.0692 e. The van der Waals surface area contributed by atoms with Gasteiger partial charge in [0, 0.05) is 6.61 Å². The molecule has 3 fully saturated rings. The Kier molecular flexibility index (Phi) is 7.44. The van der Waals surface area contributed by atoms with Gasteiger partial charge >= 0.3 is 0 Å². The van der Waals surface area contributed by atoms with Gasteiger partial charge in [0.15, 0.2) is 0 Å². The molecule has 148 valence electrons. The molecule has 0 aliphatic heterocycles. The van der Waals surface area contributed by atoms with Crippen LogP contribution in [-0.4, -0.2) is 12.7 Å². The predicted octanol–water partition coefficient (Wildman–Crippen LogP) is 6.89. The summed E-state index contributed by atoms with van der Waals surface area (Å²) in [5, 5.41) is 10.1. The Morgan fingerprint density at radius 3 is 2.00 bits per heavy atom. The van der Waals surface area contributed by atoms with Crippen molar-refractivity contribution in [3.8, 4) is 6.07 Å². The quantitative estimate of drug-likeness (QED) is 0.517. The minimum absolute atomic E-state index is 0.00710. The normalized spacial score (nSPS) is 41.5. The van der Waals surface area contributed by atoms with E-state index in [0.717, 1.165) is 30.8 Å². The van der Waals surface area contributed by atoms with Crippen molar-refractivity contribution in [1.29, 1.82) is 5.26 Å². The van der Waals surface area contributed by atoms with Crippen LogP contribution in [0.4, 0.5) is 0 Å². The molecule has 26 heavy (non-hydrogen) atoms. The van der Waals surface area contributed by atoms with E-state index in [9.17, 15) is 5.26 Å². The maximum absolute atomic E-state index is 10.1. The summed E-state index contributed by atoms with van der Waals surface area (Å²) in [5.41, 5.74) is -0.00710. The van der Waals surface area contributed by atoms with Crippen LogP contribution in [0.15, 0.2) is 0 Å². The number of rotatable bonds is 6. The minimum atomic E-state index is -0.00710. The van der Waals surface area contributed by atoms with Crippen LogP contribution in [0.5, 0.6) is 0 Å². The summed E-state index contributed by atoms with van der Waals surface area (Å²) >= 11 is 0. The fraction of sp³-hybridized carbons (Fsp3) is 0.958. The van der Waals surface area contributed by atoms with Crippen molar-refractivity contribution in [2.45, 2.75) is 110 Å². The zero-order valence-corrected chi connectivity index (χ0v) is 17.3.